The predicted octanol–water partition coefficient (Wildman–Crippen LogP) is 2.79. The van der Waals surface area contributed by atoms with Crippen LogP contribution in [0.5, 0.6) is 0 Å². The highest BCUT2D eigenvalue weighted by molar-refractivity contribution is 5.97. The molecule has 0 radical (unpaired) electrons. The van der Waals surface area contributed by atoms with E-state index in [2.05, 4.69) is 5.32 Å². The van der Waals surface area contributed by atoms with Crippen molar-refractivity contribution >= 4 is 11.9 Å². The van der Waals surface area contributed by atoms with E-state index in [4.69, 9.17) is 9.52 Å². The lowest BCUT2D eigenvalue weighted by atomic mass is 9.93. The average Bonchev–Trinajstić information content (AvgIpc) is 2.97. The van der Waals surface area contributed by atoms with Crippen LogP contribution in [0.1, 0.15) is 50.9 Å². The number of furan rings is 1. The first-order valence-corrected chi connectivity index (χ1v) is 6.85. The Labute approximate surface area is 121 Å². The molecule has 0 saturated heterocycles. The first-order valence-electron chi connectivity index (χ1n) is 6.85. The number of carbonyl (C=O) groups is 2. The van der Waals surface area contributed by atoms with Crippen molar-refractivity contribution in [2.45, 2.75) is 25.3 Å². The standard InChI is InChI=1S/C16H15NO4/c18-15(10-3-1-4-11(9-10)16(19)20)17-13-5-2-6-14-12(13)7-8-21-14/h1,3-4,7-9,13H,2,5-6H2,(H,17,18)(H,19,20). The van der Waals surface area contributed by atoms with E-state index < -0.39 is 5.97 Å². The first-order chi connectivity index (χ1) is 10.1. The molecule has 108 valence electrons. The Morgan fingerprint density at radius 1 is 1.24 bits per heavy atom. The van der Waals surface area contributed by atoms with Gasteiger partial charge in [-0.05, 0) is 37.1 Å². The van der Waals surface area contributed by atoms with E-state index in [-0.39, 0.29) is 17.5 Å². The van der Waals surface area contributed by atoms with Crippen molar-refractivity contribution in [3.63, 3.8) is 0 Å². The molecule has 0 saturated carbocycles. The smallest absolute Gasteiger partial charge is 0.335 e. The van der Waals surface area contributed by atoms with Gasteiger partial charge in [-0.1, -0.05) is 6.07 Å². The van der Waals surface area contributed by atoms with Crippen LogP contribution < -0.4 is 5.32 Å². The lowest BCUT2D eigenvalue weighted by Gasteiger charge is -2.22. The summed E-state index contributed by atoms with van der Waals surface area (Å²) in [5.74, 6) is -0.387. The molecule has 3 rings (SSSR count). The van der Waals surface area contributed by atoms with Crippen LogP contribution in [0.4, 0.5) is 0 Å². The maximum atomic E-state index is 12.3. The van der Waals surface area contributed by atoms with Crippen LogP contribution in [-0.4, -0.2) is 17.0 Å². The van der Waals surface area contributed by atoms with E-state index in [1.54, 1.807) is 18.4 Å². The topological polar surface area (TPSA) is 79.5 Å². The van der Waals surface area contributed by atoms with Gasteiger partial charge in [0.1, 0.15) is 5.76 Å². The van der Waals surface area contributed by atoms with E-state index in [9.17, 15) is 9.59 Å². The molecule has 1 aromatic carbocycles. The lowest BCUT2D eigenvalue weighted by molar-refractivity contribution is 0.0697. The van der Waals surface area contributed by atoms with E-state index in [1.165, 1.54) is 12.1 Å². The van der Waals surface area contributed by atoms with Crippen molar-refractivity contribution < 1.29 is 19.1 Å². The van der Waals surface area contributed by atoms with Crippen molar-refractivity contribution in [3.05, 3.63) is 59.0 Å². The minimum atomic E-state index is -1.04. The van der Waals surface area contributed by atoms with Gasteiger partial charge in [0, 0.05) is 17.5 Å². The maximum absolute atomic E-state index is 12.3. The summed E-state index contributed by atoms with van der Waals surface area (Å²) >= 11 is 0. The summed E-state index contributed by atoms with van der Waals surface area (Å²) in [7, 11) is 0. The first kappa shape index (κ1) is 13.4. The summed E-state index contributed by atoms with van der Waals surface area (Å²) in [4.78, 5) is 23.2. The van der Waals surface area contributed by atoms with Gasteiger partial charge in [-0.15, -0.1) is 0 Å². The highest BCUT2D eigenvalue weighted by Gasteiger charge is 2.24. The molecule has 0 spiro atoms. The zero-order valence-corrected chi connectivity index (χ0v) is 11.3. The second kappa shape index (κ2) is 5.44. The van der Waals surface area contributed by atoms with Gasteiger partial charge in [-0.25, -0.2) is 4.79 Å². The van der Waals surface area contributed by atoms with Gasteiger partial charge < -0.3 is 14.8 Å². The second-order valence-corrected chi connectivity index (χ2v) is 5.10. The molecule has 21 heavy (non-hydrogen) atoms. The summed E-state index contributed by atoms with van der Waals surface area (Å²) in [6.07, 6.45) is 4.35. The summed E-state index contributed by atoms with van der Waals surface area (Å²) in [5, 5.41) is 11.9. The predicted molar refractivity (Wildman–Crippen MR) is 75.3 cm³/mol. The molecule has 1 aliphatic carbocycles. The van der Waals surface area contributed by atoms with Crippen molar-refractivity contribution in [3.8, 4) is 0 Å². The SMILES string of the molecule is O=C(O)c1cccc(C(=O)NC2CCCc3occc32)c1. The summed E-state index contributed by atoms with van der Waals surface area (Å²) in [6.45, 7) is 0. The van der Waals surface area contributed by atoms with Crippen molar-refractivity contribution in [1.82, 2.24) is 5.32 Å². The second-order valence-electron chi connectivity index (χ2n) is 5.10. The number of hydrogen-bond acceptors (Lipinski definition) is 3. The zero-order chi connectivity index (χ0) is 14.8. The Balaban J connectivity index is 1.79. The summed E-state index contributed by atoms with van der Waals surface area (Å²) in [6, 6.07) is 7.84. The molecule has 1 unspecified atom stereocenters. The number of rotatable bonds is 3. The quantitative estimate of drug-likeness (QED) is 0.908. The Morgan fingerprint density at radius 2 is 2.05 bits per heavy atom. The van der Waals surface area contributed by atoms with Crippen molar-refractivity contribution in [2.24, 2.45) is 0 Å². The van der Waals surface area contributed by atoms with Crippen LogP contribution in [0.2, 0.25) is 0 Å². The Hall–Kier alpha value is -2.56. The molecule has 2 N–H and O–H groups in total. The molecular weight excluding hydrogens is 270 g/mol. The number of carbonyl (C=O) groups excluding carboxylic acids is 1. The van der Waals surface area contributed by atoms with E-state index in [0.29, 0.717) is 5.56 Å². The fourth-order valence-corrected chi connectivity index (χ4v) is 2.67. The van der Waals surface area contributed by atoms with Gasteiger partial charge in [0.15, 0.2) is 0 Å². The van der Waals surface area contributed by atoms with Gasteiger partial charge in [-0.3, -0.25) is 4.79 Å². The van der Waals surface area contributed by atoms with E-state index in [0.717, 1.165) is 30.6 Å². The summed E-state index contributed by atoms with van der Waals surface area (Å²) < 4.78 is 5.40. The maximum Gasteiger partial charge on any atom is 0.335 e. The van der Waals surface area contributed by atoms with Gasteiger partial charge >= 0.3 is 5.97 Å². The number of fused-ring (bicyclic) bond motifs is 1. The number of hydrogen-bond donors (Lipinski definition) is 2. The van der Waals surface area contributed by atoms with Crippen LogP contribution in [0, 0.1) is 0 Å². The number of carboxylic acids is 1. The largest absolute Gasteiger partial charge is 0.478 e. The molecule has 0 bridgehead atoms. The fourth-order valence-electron chi connectivity index (χ4n) is 2.67. The third-order valence-electron chi connectivity index (χ3n) is 3.73. The molecule has 2 aromatic rings. The van der Waals surface area contributed by atoms with E-state index in [1.807, 2.05) is 6.07 Å². The monoisotopic (exact) mass is 285 g/mol. The fraction of sp³-hybridized carbons (Fsp3) is 0.250. The number of nitrogens with one attached hydrogen (secondary N) is 1. The molecule has 1 aliphatic rings. The van der Waals surface area contributed by atoms with E-state index >= 15 is 0 Å². The molecule has 5 heteroatoms. The molecule has 0 fully saturated rings. The Bertz CT molecular complexity index is 689. The molecule has 1 aromatic heterocycles. The van der Waals surface area contributed by atoms with Crippen LogP contribution in [0.15, 0.2) is 41.0 Å². The molecule has 5 nitrogen and oxygen atoms in total. The molecule has 0 aliphatic heterocycles. The van der Waals surface area contributed by atoms with Gasteiger partial charge in [0.05, 0.1) is 17.9 Å². The number of aromatic carboxylic acids is 1. The number of carboxylic acid groups (broad SMARTS) is 1. The number of benzene rings is 1. The van der Waals surface area contributed by atoms with Crippen LogP contribution >= 0.6 is 0 Å². The Kier molecular flexibility index (Phi) is 3.48. The number of aryl methyl sites for hydroxylation is 1. The minimum Gasteiger partial charge on any atom is -0.478 e. The third-order valence-corrected chi connectivity index (χ3v) is 3.73. The minimum absolute atomic E-state index is 0.0755. The normalized spacial score (nSPS) is 17.0. The highest BCUT2D eigenvalue weighted by atomic mass is 16.4. The molecule has 1 atom stereocenters. The van der Waals surface area contributed by atoms with Crippen molar-refractivity contribution in [2.75, 3.05) is 0 Å². The number of amides is 1. The zero-order valence-electron chi connectivity index (χ0n) is 11.3. The van der Waals surface area contributed by atoms with Crippen LogP contribution in [0.25, 0.3) is 0 Å². The highest BCUT2D eigenvalue weighted by Crippen LogP contribution is 2.30. The van der Waals surface area contributed by atoms with Gasteiger partial charge in [-0.2, -0.15) is 0 Å². The Morgan fingerprint density at radius 3 is 2.86 bits per heavy atom. The van der Waals surface area contributed by atoms with Crippen LogP contribution in [0.3, 0.4) is 0 Å². The average molecular weight is 285 g/mol. The van der Waals surface area contributed by atoms with Gasteiger partial charge in [0.2, 0.25) is 0 Å². The van der Waals surface area contributed by atoms with Crippen molar-refractivity contribution in [1.29, 1.82) is 0 Å². The molecule has 1 amide bonds. The molecular formula is C16H15NO4. The lowest BCUT2D eigenvalue weighted by Crippen LogP contribution is -2.30. The third kappa shape index (κ3) is 2.67. The van der Waals surface area contributed by atoms with Crippen LogP contribution in [-0.2, 0) is 6.42 Å². The summed E-state index contributed by atoms with van der Waals surface area (Å²) in [5.41, 5.74) is 1.48. The van der Waals surface area contributed by atoms with Gasteiger partial charge in [0.25, 0.3) is 5.91 Å². The molecule has 1 heterocycles.